The number of carboxylic acid groups (broad SMARTS) is 1. The minimum Gasteiger partial charge on any atom is -0.480 e. The fraction of sp³-hybridized carbons (Fsp3) is 0.364. The molecule has 0 saturated carbocycles. The molecule has 1 aromatic heterocycles. The van der Waals surface area contributed by atoms with Gasteiger partial charge in [-0.3, -0.25) is 9.78 Å². The number of thioether (sulfide) groups is 1. The molecule has 2 heterocycles. The summed E-state index contributed by atoms with van der Waals surface area (Å²) in [6, 6.07) is 2.88. The zero-order valence-electron chi connectivity index (χ0n) is 9.07. The van der Waals surface area contributed by atoms with Crippen LogP contribution in [0.3, 0.4) is 0 Å². The lowest BCUT2D eigenvalue weighted by Gasteiger charge is -2.20. The van der Waals surface area contributed by atoms with Crippen molar-refractivity contribution in [1.82, 2.24) is 9.88 Å². The van der Waals surface area contributed by atoms with E-state index in [-0.39, 0.29) is 12.3 Å². The second kappa shape index (κ2) is 5.18. The van der Waals surface area contributed by atoms with E-state index >= 15 is 0 Å². The molecule has 1 atom stereocenters. The van der Waals surface area contributed by atoms with Gasteiger partial charge >= 0.3 is 5.97 Å². The first kappa shape index (κ1) is 11.9. The van der Waals surface area contributed by atoms with Gasteiger partial charge in [-0.15, -0.1) is 11.8 Å². The second-order valence-electron chi connectivity index (χ2n) is 3.76. The number of carbonyl (C=O) groups excluding carboxylic acids is 1. The molecule has 17 heavy (non-hydrogen) atoms. The van der Waals surface area contributed by atoms with Crippen LogP contribution in [0.4, 0.5) is 0 Å². The summed E-state index contributed by atoms with van der Waals surface area (Å²) in [5.74, 6) is -0.172. The van der Waals surface area contributed by atoms with Gasteiger partial charge in [0.15, 0.2) is 0 Å². The zero-order valence-corrected chi connectivity index (χ0v) is 9.89. The van der Waals surface area contributed by atoms with Gasteiger partial charge in [0.1, 0.15) is 6.04 Å². The fourth-order valence-corrected chi connectivity index (χ4v) is 2.84. The van der Waals surface area contributed by atoms with E-state index in [1.807, 2.05) is 6.07 Å². The van der Waals surface area contributed by atoms with Crippen molar-refractivity contribution in [3.8, 4) is 0 Å². The molecule has 0 aliphatic carbocycles. The molecule has 0 bridgehead atoms. The summed E-state index contributed by atoms with van der Waals surface area (Å²) < 4.78 is 0. The fourth-order valence-electron chi connectivity index (χ4n) is 1.67. The Morgan fingerprint density at radius 3 is 3.06 bits per heavy atom. The van der Waals surface area contributed by atoms with Gasteiger partial charge in [0.25, 0.3) is 0 Å². The first-order valence-corrected chi connectivity index (χ1v) is 6.33. The van der Waals surface area contributed by atoms with Crippen LogP contribution in [-0.2, 0) is 16.0 Å². The lowest BCUT2D eigenvalue weighted by molar-refractivity contribution is -0.147. The molecule has 0 radical (unpaired) electrons. The predicted octanol–water partition coefficient (Wildman–Crippen LogP) is 0.610. The molecule has 0 unspecified atom stereocenters. The molecule has 6 heteroatoms. The molecule has 1 aliphatic heterocycles. The summed E-state index contributed by atoms with van der Waals surface area (Å²) in [6.45, 7) is 0. The topological polar surface area (TPSA) is 70.5 Å². The molecule has 1 aromatic rings. The number of hydrogen-bond acceptors (Lipinski definition) is 4. The van der Waals surface area contributed by atoms with E-state index < -0.39 is 12.0 Å². The molecule has 1 amide bonds. The van der Waals surface area contributed by atoms with E-state index in [4.69, 9.17) is 5.11 Å². The lowest BCUT2D eigenvalue weighted by atomic mass is 10.2. The number of carboxylic acids is 1. The number of aliphatic carboxylic acids is 1. The van der Waals surface area contributed by atoms with E-state index in [1.54, 1.807) is 18.5 Å². The molecule has 0 aromatic carbocycles. The summed E-state index contributed by atoms with van der Waals surface area (Å²) in [5, 5.41) is 8.98. The third kappa shape index (κ3) is 2.76. The SMILES string of the molecule is O=C(O)[C@H]1CSCN1C(=O)Cc1cccnc1. The smallest absolute Gasteiger partial charge is 0.327 e. The van der Waals surface area contributed by atoms with Crippen molar-refractivity contribution in [3.05, 3.63) is 30.1 Å². The second-order valence-corrected chi connectivity index (χ2v) is 4.76. The van der Waals surface area contributed by atoms with Crippen LogP contribution >= 0.6 is 11.8 Å². The molecule has 2 rings (SSSR count). The Morgan fingerprint density at radius 1 is 1.59 bits per heavy atom. The maximum absolute atomic E-state index is 12.0. The van der Waals surface area contributed by atoms with Gasteiger partial charge in [-0.25, -0.2) is 4.79 Å². The van der Waals surface area contributed by atoms with E-state index in [0.29, 0.717) is 11.6 Å². The van der Waals surface area contributed by atoms with Gasteiger partial charge in [0.2, 0.25) is 5.91 Å². The highest BCUT2D eigenvalue weighted by molar-refractivity contribution is 7.99. The van der Waals surface area contributed by atoms with Gasteiger partial charge in [0.05, 0.1) is 12.3 Å². The Morgan fingerprint density at radius 2 is 2.41 bits per heavy atom. The average molecular weight is 252 g/mol. The highest BCUT2D eigenvalue weighted by Crippen LogP contribution is 2.21. The number of carbonyl (C=O) groups is 2. The highest BCUT2D eigenvalue weighted by Gasteiger charge is 2.34. The Balaban J connectivity index is 2.03. The summed E-state index contributed by atoms with van der Waals surface area (Å²) >= 11 is 1.47. The minimum atomic E-state index is -0.936. The normalized spacial score (nSPS) is 19.3. The van der Waals surface area contributed by atoms with Crippen molar-refractivity contribution in [2.75, 3.05) is 11.6 Å². The lowest BCUT2D eigenvalue weighted by Crippen LogP contribution is -2.42. The van der Waals surface area contributed by atoms with Gasteiger partial charge in [-0.1, -0.05) is 6.07 Å². The van der Waals surface area contributed by atoms with Crippen LogP contribution in [0, 0.1) is 0 Å². The van der Waals surface area contributed by atoms with Gasteiger partial charge in [-0.2, -0.15) is 0 Å². The van der Waals surface area contributed by atoms with Crippen molar-refractivity contribution in [2.45, 2.75) is 12.5 Å². The van der Waals surface area contributed by atoms with Gasteiger partial charge < -0.3 is 10.0 Å². The molecular weight excluding hydrogens is 240 g/mol. The van der Waals surface area contributed by atoms with E-state index in [1.165, 1.54) is 16.7 Å². The van der Waals surface area contributed by atoms with Crippen LogP contribution in [0.25, 0.3) is 0 Å². The largest absolute Gasteiger partial charge is 0.480 e. The maximum Gasteiger partial charge on any atom is 0.327 e. The minimum absolute atomic E-state index is 0.157. The van der Waals surface area contributed by atoms with Gasteiger partial charge in [0, 0.05) is 18.1 Å². The molecular formula is C11H12N2O3S. The Bertz CT molecular complexity index is 424. The summed E-state index contributed by atoms with van der Waals surface area (Å²) in [5.41, 5.74) is 0.804. The van der Waals surface area contributed by atoms with Crippen LogP contribution in [0.15, 0.2) is 24.5 Å². The number of aromatic nitrogens is 1. The molecule has 1 fully saturated rings. The summed E-state index contributed by atoms with van der Waals surface area (Å²) in [4.78, 5) is 28.2. The van der Waals surface area contributed by atoms with Crippen molar-refractivity contribution in [3.63, 3.8) is 0 Å². The van der Waals surface area contributed by atoms with E-state index in [0.717, 1.165) is 5.56 Å². The van der Waals surface area contributed by atoms with Crippen molar-refractivity contribution >= 4 is 23.6 Å². The highest BCUT2D eigenvalue weighted by atomic mass is 32.2. The van der Waals surface area contributed by atoms with Crippen LogP contribution in [0.1, 0.15) is 5.56 Å². The molecule has 5 nitrogen and oxygen atoms in total. The number of amides is 1. The Kier molecular flexibility index (Phi) is 3.63. The molecule has 1 aliphatic rings. The average Bonchev–Trinajstić information content (AvgIpc) is 2.79. The number of rotatable bonds is 3. The maximum atomic E-state index is 12.0. The van der Waals surface area contributed by atoms with Gasteiger partial charge in [-0.05, 0) is 11.6 Å². The number of hydrogen-bond donors (Lipinski definition) is 1. The van der Waals surface area contributed by atoms with Crippen LogP contribution < -0.4 is 0 Å². The van der Waals surface area contributed by atoms with E-state index in [2.05, 4.69) is 4.98 Å². The Labute approximate surface area is 103 Å². The van der Waals surface area contributed by atoms with Crippen molar-refractivity contribution in [1.29, 1.82) is 0 Å². The molecule has 1 N–H and O–H groups in total. The van der Waals surface area contributed by atoms with Crippen LogP contribution in [0.5, 0.6) is 0 Å². The third-order valence-corrected chi connectivity index (χ3v) is 3.58. The number of nitrogens with zero attached hydrogens (tertiary/aromatic N) is 2. The first-order chi connectivity index (χ1) is 8.18. The quantitative estimate of drug-likeness (QED) is 0.853. The first-order valence-electron chi connectivity index (χ1n) is 5.17. The zero-order chi connectivity index (χ0) is 12.3. The molecule has 1 saturated heterocycles. The van der Waals surface area contributed by atoms with E-state index in [9.17, 15) is 9.59 Å². The summed E-state index contributed by atoms with van der Waals surface area (Å²) in [7, 11) is 0. The van der Waals surface area contributed by atoms with Crippen molar-refractivity contribution in [2.24, 2.45) is 0 Å². The standard InChI is InChI=1S/C11H12N2O3S/c14-10(4-8-2-1-3-12-5-8)13-7-17-6-9(13)11(15)16/h1-3,5,9H,4,6-7H2,(H,15,16)/t9-/m1/s1. The monoisotopic (exact) mass is 252 g/mol. The predicted molar refractivity (Wildman–Crippen MR) is 63.5 cm³/mol. The van der Waals surface area contributed by atoms with Crippen molar-refractivity contribution < 1.29 is 14.7 Å². The third-order valence-electron chi connectivity index (χ3n) is 2.57. The van der Waals surface area contributed by atoms with Crippen LogP contribution in [-0.4, -0.2) is 44.5 Å². The number of pyridine rings is 1. The molecule has 0 spiro atoms. The van der Waals surface area contributed by atoms with Crippen LogP contribution in [0.2, 0.25) is 0 Å². The molecule has 90 valence electrons. The Hall–Kier alpha value is -1.56. The summed E-state index contributed by atoms with van der Waals surface area (Å²) in [6.07, 6.45) is 3.47.